The number of carbonyl (C=O) groups is 2. The van der Waals surface area contributed by atoms with Crippen LogP contribution in [0, 0.1) is 0 Å². The van der Waals surface area contributed by atoms with Crippen molar-refractivity contribution in [2.24, 2.45) is 0 Å². The molecular formula is C11H14N2O3S. The highest BCUT2D eigenvalue weighted by atomic mass is 32.1. The van der Waals surface area contributed by atoms with Gasteiger partial charge in [0.2, 0.25) is 5.91 Å². The standard InChI is InChI=1S/C11H14N2O3S/c14-5-6-16-8-11(15)13-10-3-1-9(2-4-10)7-12-17/h1-5,12,17H,6-8H2,(H,13,15). The first-order valence-electron chi connectivity index (χ1n) is 5.03. The van der Waals surface area contributed by atoms with Crippen molar-refractivity contribution < 1.29 is 14.3 Å². The van der Waals surface area contributed by atoms with Gasteiger partial charge in [0.25, 0.3) is 0 Å². The van der Waals surface area contributed by atoms with Crippen molar-refractivity contribution in [3.05, 3.63) is 29.8 Å². The number of ether oxygens (including phenoxy) is 1. The molecule has 1 amide bonds. The molecule has 0 bridgehead atoms. The summed E-state index contributed by atoms with van der Waals surface area (Å²) in [6.45, 7) is 0.457. The molecule has 6 heteroatoms. The van der Waals surface area contributed by atoms with E-state index in [9.17, 15) is 9.59 Å². The van der Waals surface area contributed by atoms with Crippen LogP contribution >= 0.6 is 12.8 Å². The topological polar surface area (TPSA) is 67.4 Å². The van der Waals surface area contributed by atoms with Crippen molar-refractivity contribution in [2.45, 2.75) is 6.54 Å². The normalized spacial score (nSPS) is 9.94. The van der Waals surface area contributed by atoms with Gasteiger partial charge in [-0.1, -0.05) is 24.9 Å². The van der Waals surface area contributed by atoms with Crippen LogP contribution in [0.5, 0.6) is 0 Å². The van der Waals surface area contributed by atoms with Crippen molar-refractivity contribution in [1.29, 1.82) is 0 Å². The lowest BCUT2D eigenvalue weighted by Crippen LogP contribution is -2.18. The summed E-state index contributed by atoms with van der Waals surface area (Å²) in [5.41, 5.74) is 1.75. The number of nitrogens with one attached hydrogen (secondary N) is 2. The summed E-state index contributed by atoms with van der Waals surface area (Å²) >= 11 is 3.90. The molecule has 0 atom stereocenters. The van der Waals surface area contributed by atoms with Gasteiger partial charge in [0.1, 0.15) is 19.5 Å². The quantitative estimate of drug-likeness (QED) is 0.382. The first-order valence-corrected chi connectivity index (χ1v) is 5.48. The molecule has 0 spiro atoms. The van der Waals surface area contributed by atoms with E-state index < -0.39 is 0 Å². The zero-order chi connectivity index (χ0) is 12.5. The van der Waals surface area contributed by atoms with E-state index in [0.717, 1.165) is 5.56 Å². The van der Waals surface area contributed by atoms with E-state index in [0.29, 0.717) is 18.5 Å². The largest absolute Gasteiger partial charge is 0.364 e. The number of amides is 1. The van der Waals surface area contributed by atoms with Gasteiger partial charge in [-0.15, -0.1) is 0 Å². The lowest BCUT2D eigenvalue weighted by atomic mass is 10.2. The summed E-state index contributed by atoms with van der Waals surface area (Å²) < 4.78 is 7.51. The Morgan fingerprint density at radius 2 is 2.06 bits per heavy atom. The summed E-state index contributed by atoms with van der Waals surface area (Å²) in [6.07, 6.45) is 0.604. The third kappa shape index (κ3) is 5.48. The first-order chi connectivity index (χ1) is 8.26. The van der Waals surface area contributed by atoms with Crippen LogP contribution in [0.1, 0.15) is 5.56 Å². The van der Waals surface area contributed by atoms with Gasteiger partial charge in [-0.2, -0.15) is 0 Å². The Balaban J connectivity index is 2.40. The van der Waals surface area contributed by atoms with Gasteiger partial charge in [-0.25, -0.2) is 0 Å². The molecule has 5 nitrogen and oxygen atoms in total. The summed E-state index contributed by atoms with van der Waals surface area (Å²) in [6, 6.07) is 7.34. The van der Waals surface area contributed by atoms with Gasteiger partial charge in [0.05, 0.1) is 0 Å². The molecule has 17 heavy (non-hydrogen) atoms. The van der Waals surface area contributed by atoms with Crippen molar-refractivity contribution in [3.63, 3.8) is 0 Å². The fraction of sp³-hybridized carbons (Fsp3) is 0.273. The minimum Gasteiger partial charge on any atom is -0.364 e. The predicted molar refractivity (Wildman–Crippen MR) is 67.8 cm³/mol. The SMILES string of the molecule is O=CCOCC(=O)Nc1ccc(CNS)cc1. The highest BCUT2D eigenvalue weighted by molar-refractivity contribution is 7.78. The number of carbonyl (C=O) groups excluding carboxylic acids is 2. The average molecular weight is 254 g/mol. The van der Waals surface area contributed by atoms with E-state index in [-0.39, 0.29) is 19.1 Å². The molecule has 0 saturated carbocycles. The minimum absolute atomic E-state index is 0.0695. The van der Waals surface area contributed by atoms with Gasteiger partial charge < -0.3 is 14.8 Å². The lowest BCUT2D eigenvalue weighted by Gasteiger charge is -2.06. The number of rotatable bonds is 7. The van der Waals surface area contributed by atoms with Crippen LogP contribution < -0.4 is 10.0 Å². The number of aldehydes is 1. The van der Waals surface area contributed by atoms with Gasteiger partial charge in [0, 0.05) is 12.2 Å². The van der Waals surface area contributed by atoms with Crippen LogP contribution in [0.2, 0.25) is 0 Å². The molecule has 0 radical (unpaired) electrons. The van der Waals surface area contributed by atoms with Gasteiger partial charge in [0.15, 0.2) is 0 Å². The maximum atomic E-state index is 11.3. The van der Waals surface area contributed by atoms with Crippen LogP contribution in [0.25, 0.3) is 0 Å². The van der Waals surface area contributed by atoms with Gasteiger partial charge >= 0.3 is 0 Å². The molecule has 0 aliphatic carbocycles. The Morgan fingerprint density at radius 3 is 2.65 bits per heavy atom. The number of thiol groups is 1. The second-order valence-electron chi connectivity index (χ2n) is 3.26. The van der Waals surface area contributed by atoms with Crippen LogP contribution in [-0.4, -0.2) is 25.4 Å². The molecule has 92 valence electrons. The molecule has 0 aliphatic rings. The number of benzene rings is 1. The van der Waals surface area contributed by atoms with Crippen LogP contribution in [0.15, 0.2) is 24.3 Å². The van der Waals surface area contributed by atoms with Crippen LogP contribution in [-0.2, 0) is 20.9 Å². The van der Waals surface area contributed by atoms with E-state index in [2.05, 4.69) is 22.9 Å². The van der Waals surface area contributed by atoms with Gasteiger partial charge in [-0.3, -0.25) is 9.52 Å². The van der Waals surface area contributed by atoms with E-state index in [1.54, 1.807) is 12.1 Å². The summed E-state index contributed by atoms with van der Waals surface area (Å²) in [5, 5.41) is 2.65. The molecule has 1 aromatic carbocycles. The van der Waals surface area contributed by atoms with Crippen LogP contribution in [0.3, 0.4) is 0 Å². The summed E-state index contributed by atoms with van der Waals surface area (Å²) in [7, 11) is 0. The van der Waals surface area contributed by atoms with Crippen LogP contribution in [0.4, 0.5) is 5.69 Å². The Morgan fingerprint density at radius 1 is 1.35 bits per heavy atom. The second-order valence-corrected chi connectivity index (χ2v) is 3.58. The predicted octanol–water partition coefficient (Wildman–Crippen LogP) is 0.775. The molecule has 2 N–H and O–H groups in total. The third-order valence-corrected chi connectivity index (χ3v) is 2.10. The smallest absolute Gasteiger partial charge is 0.250 e. The maximum absolute atomic E-state index is 11.3. The number of hydrogen-bond acceptors (Lipinski definition) is 5. The molecule has 0 aliphatic heterocycles. The average Bonchev–Trinajstić information content (AvgIpc) is 2.32. The Hall–Kier alpha value is -1.37. The molecule has 1 rings (SSSR count). The molecule has 0 saturated heterocycles. The second kappa shape index (κ2) is 7.83. The Bertz CT molecular complexity index is 367. The fourth-order valence-corrected chi connectivity index (χ4v) is 1.38. The Labute approximate surface area is 105 Å². The van der Waals surface area contributed by atoms with E-state index in [4.69, 9.17) is 4.74 Å². The van der Waals surface area contributed by atoms with Gasteiger partial charge in [-0.05, 0) is 17.7 Å². The molecule has 0 unspecified atom stereocenters. The molecule has 0 heterocycles. The third-order valence-electron chi connectivity index (χ3n) is 1.94. The van der Waals surface area contributed by atoms with Crippen molar-refractivity contribution in [2.75, 3.05) is 18.5 Å². The molecule has 0 fully saturated rings. The Kier molecular flexibility index (Phi) is 6.31. The van der Waals surface area contributed by atoms with E-state index >= 15 is 0 Å². The highest BCUT2D eigenvalue weighted by Crippen LogP contribution is 2.09. The molecule has 0 aromatic heterocycles. The zero-order valence-electron chi connectivity index (χ0n) is 9.18. The van der Waals surface area contributed by atoms with E-state index in [1.807, 2.05) is 12.1 Å². The monoisotopic (exact) mass is 254 g/mol. The van der Waals surface area contributed by atoms with Crippen molar-refractivity contribution in [1.82, 2.24) is 4.72 Å². The fourth-order valence-electron chi connectivity index (χ4n) is 1.19. The highest BCUT2D eigenvalue weighted by Gasteiger charge is 2.02. The lowest BCUT2D eigenvalue weighted by molar-refractivity contribution is -0.122. The zero-order valence-corrected chi connectivity index (χ0v) is 10.1. The molecule has 1 aromatic rings. The van der Waals surface area contributed by atoms with Crippen molar-refractivity contribution in [3.8, 4) is 0 Å². The maximum Gasteiger partial charge on any atom is 0.250 e. The molecular weight excluding hydrogens is 240 g/mol. The number of anilines is 1. The van der Waals surface area contributed by atoms with Crippen molar-refractivity contribution >= 4 is 30.7 Å². The first kappa shape index (κ1) is 13.7. The number of hydrogen-bond donors (Lipinski definition) is 3. The summed E-state index contributed by atoms with van der Waals surface area (Å²) in [4.78, 5) is 21.3. The van der Waals surface area contributed by atoms with E-state index in [1.165, 1.54) is 0 Å². The minimum atomic E-state index is -0.285. The summed E-state index contributed by atoms with van der Waals surface area (Å²) in [5.74, 6) is -0.285.